The Bertz CT molecular complexity index is 814. The zero-order chi connectivity index (χ0) is 20.1. The second-order valence-electron chi connectivity index (χ2n) is 7.54. The highest BCUT2D eigenvalue weighted by atomic mass is 16.7. The molecular weight excluding hydrogens is 356 g/mol. The highest BCUT2D eigenvalue weighted by molar-refractivity contribution is 5.75. The third-order valence-corrected chi connectivity index (χ3v) is 4.65. The number of benzene rings is 2. The molecule has 1 aliphatic rings. The summed E-state index contributed by atoms with van der Waals surface area (Å²) in [6.45, 7) is 5.66. The molecule has 0 saturated carbocycles. The van der Waals surface area contributed by atoms with Crippen LogP contribution in [-0.4, -0.2) is 34.5 Å². The van der Waals surface area contributed by atoms with Crippen LogP contribution >= 0.6 is 0 Å². The Kier molecular flexibility index (Phi) is 6.27. The topological polar surface area (TPSA) is 46.2 Å². The Morgan fingerprint density at radius 3 is 2.04 bits per heavy atom. The molecule has 150 valence electrons. The van der Waals surface area contributed by atoms with Gasteiger partial charge >= 0.3 is 0 Å². The molecule has 0 radical (unpaired) electrons. The summed E-state index contributed by atoms with van der Waals surface area (Å²) in [5.41, 5.74) is 3.07. The van der Waals surface area contributed by atoms with Gasteiger partial charge in [-0.1, -0.05) is 50.3 Å². The van der Waals surface area contributed by atoms with E-state index in [0.717, 1.165) is 16.7 Å². The maximum atomic E-state index is 5.84. The zero-order valence-corrected chi connectivity index (χ0v) is 17.2. The minimum absolute atomic E-state index is 0.0671. The zero-order valence-electron chi connectivity index (χ0n) is 17.2. The molecule has 2 aromatic carbocycles. The van der Waals surface area contributed by atoms with Gasteiger partial charge in [0.05, 0.1) is 34.5 Å². The van der Waals surface area contributed by atoms with Crippen molar-refractivity contribution in [2.45, 2.75) is 20.1 Å². The van der Waals surface area contributed by atoms with Crippen molar-refractivity contribution in [3.63, 3.8) is 0 Å². The smallest absolute Gasteiger partial charge is 0.203 e. The minimum atomic E-state index is -0.294. The molecule has 0 N–H and O–H groups in total. The Hall–Kier alpha value is -2.50. The molecule has 0 aromatic heterocycles. The van der Waals surface area contributed by atoms with Gasteiger partial charge in [-0.3, -0.25) is 0 Å². The van der Waals surface area contributed by atoms with E-state index in [1.165, 1.54) is 0 Å². The van der Waals surface area contributed by atoms with Crippen molar-refractivity contribution in [1.29, 1.82) is 0 Å². The number of ether oxygens (including phenoxy) is 5. The SMILES string of the molecule is COc1ccc(/C=C/c2ccc(C3OCC(C)(C)CO3)cc2)c(OC)c1OC. The average molecular weight is 384 g/mol. The van der Waals surface area contributed by atoms with Crippen molar-refractivity contribution < 1.29 is 23.7 Å². The van der Waals surface area contributed by atoms with Gasteiger partial charge in [0.1, 0.15) is 0 Å². The fourth-order valence-corrected chi connectivity index (χ4v) is 3.09. The first kappa shape index (κ1) is 20.2. The summed E-state index contributed by atoms with van der Waals surface area (Å²) >= 11 is 0. The summed E-state index contributed by atoms with van der Waals surface area (Å²) in [5, 5.41) is 0. The van der Waals surface area contributed by atoms with Crippen molar-refractivity contribution in [3.8, 4) is 17.2 Å². The Morgan fingerprint density at radius 1 is 0.821 bits per heavy atom. The maximum Gasteiger partial charge on any atom is 0.203 e. The van der Waals surface area contributed by atoms with Crippen molar-refractivity contribution in [1.82, 2.24) is 0 Å². The van der Waals surface area contributed by atoms with E-state index in [0.29, 0.717) is 30.5 Å². The number of hydrogen-bond acceptors (Lipinski definition) is 5. The van der Waals surface area contributed by atoms with E-state index in [2.05, 4.69) is 13.8 Å². The number of hydrogen-bond donors (Lipinski definition) is 0. The van der Waals surface area contributed by atoms with E-state index < -0.39 is 0 Å². The van der Waals surface area contributed by atoms with E-state index >= 15 is 0 Å². The number of methoxy groups -OCH3 is 3. The van der Waals surface area contributed by atoms with Crippen LogP contribution in [0, 0.1) is 5.41 Å². The third kappa shape index (κ3) is 4.49. The molecule has 0 aliphatic carbocycles. The fraction of sp³-hybridized carbons (Fsp3) is 0.391. The van der Waals surface area contributed by atoms with Crippen LogP contribution in [-0.2, 0) is 9.47 Å². The lowest BCUT2D eigenvalue weighted by atomic mass is 9.95. The molecule has 0 unspecified atom stereocenters. The van der Waals surface area contributed by atoms with E-state index in [-0.39, 0.29) is 11.7 Å². The van der Waals surface area contributed by atoms with Crippen molar-refractivity contribution in [2.75, 3.05) is 34.5 Å². The van der Waals surface area contributed by atoms with Crippen LogP contribution in [0.1, 0.15) is 36.8 Å². The lowest BCUT2D eigenvalue weighted by molar-refractivity contribution is -0.226. The van der Waals surface area contributed by atoms with Gasteiger partial charge in [-0.05, 0) is 17.7 Å². The molecule has 1 fully saturated rings. The van der Waals surface area contributed by atoms with Crippen LogP contribution in [0.4, 0.5) is 0 Å². The molecule has 2 aromatic rings. The second kappa shape index (κ2) is 8.67. The van der Waals surface area contributed by atoms with Gasteiger partial charge in [0.15, 0.2) is 17.8 Å². The molecule has 0 atom stereocenters. The summed E-state index contributed by atoms with van der Waals surface area (Å²) in [6, 6.07) is 12.0. The normalized spacial score (nSPS) is 16.9. The molecule has 3 rings (SSSR count). The quantitative estimate of drug-likeness (QED) is 0.659. The van der Waals surface area contributed by atoms with Crippen LogP contribution in [0.2, 0.25) is 0 Å². The number of rotatable bonds is 6. The predicted molar refractivity (Wildman–Crippen MR) is 110 cm³/mol. The van der Waals surface area contributed by atoms with Gasteiger partial charge in [-0.15, -0.1) is 0 Å². The standard InChI is InChI=1S/C23H28O5/c1-23(2)14-27-22(28-15-23)18-10-7-16(8-11-18)6-9-17-12-13-19(24-3)21(26-5)20(17)25-4/h6-13,22H,14-15H2,1-5H3/b9-6+. The largest absolute Gasteiger partial charge is 0.493 e. The predicted octanol–water partition coefficient (Wildman–Crippen LogP) is 4.95. The molecule has 28 heavy (non-hydrogen) atoms. The van der Waals surface area contributed by atoms with Gasteiger partial charge in [0.2, 0.25) is 5.75 Å². The van der Waals surface area contributed by atoms with E-state index in [9.17, 15) is 0 Å². The Morgan fingerprint density at radius 2 is 1.46 bits per heavy atom. The van der Waals surface area contributed by atoms with E-state index in [1.54, 1.807) is 21.3 Å². The first-order valence-electron chi connectivity index (χ1n) is 9.27. The van der Waals surface area contributed by atoms with E-state index in [4.69, 9.17) is 23.7 Å². The average Bonchev–Trinajstić information content (AvgIpc) is 2.71. The van der Waals surface area contributed by atoms with Gasteiger partial charge in [-0.25, -0.2) is 0 Å². The third-order valence-electron chi connectivity index (χ3n) is 4.65. The summed E-state index contributed by atoms with van der Waals surface area (Å²) in [5.74, 6) is 1.86. The second-order valence-corrected chi connectivity index (χ2v) is 7.54. The molecule has 0 spiro atoms. The van der Waals surface area contributed by atoms with Crippen LogP contribution < -0.4 is 14.2 Å². The van der Waals surface area contributed by atoms with Gasteiger partial charge in [-0.2, -0.15) is 0 Å². The summed E-state index contributed by atoms with van der Waals surface area (Å²) in [7, 11) is 4.83. The molecule has 1 heterocycles. The molecule has 5 nitrogen and oxygen atoms in total. The minimum Gasteiger partial charge on any atom is -0.493 e. The van der Waals surface area contributed by atoms with Gasteiger partial charge < -0.3 is 23.7 Å². The van der Waals surface area contributed by atoms with Gasteiger partial charge in [0, 0.05) is 16.5 Å². The summed E-state index contributed by atoms with van der Waals surface area (Å²) < 4.78 is 28.0. The summed E-state index contributed by atoms with van der Waals surface area (Å²) in [6.07, 6.45) is 3.72. The Balaban J connectivity index is 1.75. The van der Waals surface area contributed by atoms with Crippen LogP contribution in [0.3, 0.4) is 0 Å². The van der Waals surface area contributed by atoms with Crippen LogP contribution in [0.15, 0.2) is 36.4 Å². The van der Waals surface area contributed by atoms with Crippen LogP contribution in [0.25, 0.3) is 12.2 Å². The molecule has 1 aliphatic heterocycles. The molecule has 1 saturated heterocycles. The van der Waals surface area contributed by atoms with Crippen molar-refractivity contribution in [3.05, 3.63) is 53.1 Å². The first-order chi connectivity index (χ1) is 13.5. The van der Waals surface area contributed by atoms with Crippen molar-refractivity contribution >= 4 is 12.2 Å². The summed E-state index contributed by atoms with van der Waals surface area (Å²) in [4.78, 5) is 0. The Labute approximate surface area is 166 Å². The molecular formula is C23H28O5. The van der Waals surface area contributed by atoms with E-state index in [1.807, 2.05) is 48.6 Å². The molecule has 0 bridgehead atoms. The van der Waals surface area contributed by atoms with Crippen molar-refractivity contribution in [2.24, 2.45) is 5.41 Å². The first-order valence-corrected chi connectivity index (χ1v) is 9.27. The highest BCUT2D eigenvalue weighted by Gasteiger charge is 2.29. The van der Waals surface area contributed by atoms with Crippen LogP contribution in [0.5, 0.6) is 17.2 Å². The fourth-order valence-electron chi connectivity index (χ4n) is 3.09. The lowest BCUT2D eigenvalue weighted by Crippen LogP contribution is -2.33. The maximum absolute atomic E-state index is 5.84. The molecule has 5 heteroatoms. The molecule has 0 amide bonds. The lowest BCUT2D eigenvalue weighted by Gasteiger charge is -2.34. The highest BCUT2D eigenvalue weighted by Crippen LogP contribution is 2.40. The van der Waals surface area contributed by atoms with Gasteiger partial charge in [0.25, 0.3) is 0 Å². The monoisotopic (exact) mass is 384 g/mol.